The summed E-state index contributed by atoms with van der Waals surface area (Å²) >= 11 is 0. The fourth-order valence-electron chi connectivity index (χ4n) is 1.92. The summed E-state index contributed by atoms with van der Waals surface area (Å²) < 4.78 is 38.2. The van der Waals surface area contributed by atoms with Crippen molar-refractivity contribution >= 4 is 6.03 Å². The van der Waals surface area contributed by atoms with Crippen LogP contribution < -0.4 is 10.6 Å². The van der Waals surface area contributed by atoms with Crippen molar-refractivity contribution in [2.75, 3.05) is 13.2 Å². The van der Waals surface area contributed by atoms with Gasteiger partial charge in [-0.2, -0.15) is 13.2 Å². The maximum atomic E-state index is 12.7. The smallest absolute Gasteiger partial charge is 0.395 e. The lowest BCUT2D eigenvalue weighted by Crippen LogP contribution is -2.39. The van der Waals surface area contributed by atoms with E-state index in [0.29, 0.717) is 18.4 Å². The van der Waals surface area contributed by atoms with Crippen molar-refractivity contribution in [3.63, 3.8) is 0 Å². The Labute approximate surface area is 121 Å². The van der Waals surface area contributed by atoms with E-state index in [9.17, 15) is 18.0 Å². The third-order valence-corrected chi connectivity index (χ3v) is 2.90. The van der Waals surface area contributed by atoms with Crippen LogP contribution in [0.2, 0.25) is 0 Å². The van der Waals surface area contributed by atoms with Gasteiger partial charge in [-0.1, -0.05) is 25.5 Å². The number of carbonyl (C=O) groups is 1. The van der Waals surface area contributed by atoms with Crippen molar-refractivity contribution in [2.24, 2.45) is 0 Å². The lowest BCUT2D eigenvalue weighted by molar-refractivity contribution is -0.137. The first-order valence-electron chi connectivity index (χ1n) is 6.70. The van der Waals surface area contributed by atoms with Crippen molar-refractivity contribution in [3.8, 4) is 0 Å². The minimum absolute atomic E-state index is 0.0905. The molecule has 1 aromatic carbocycles. The summed E-state index contributed by atoms with van der Waals surface area (Å²) in [5.41, 5.74) is -0.329. The number of rotatable bonds is 6. The van der Waals surface area contributed by atoms with Crippen molar-refractivity contribution in [1.82, 2.24) is 10.6 Å². The molecule has 0 saturated carbocycles. The quantitative estimate of drug-likeness (QED) is 0.757. The van der Waals surface area contributed by atoms with Gasteiger partial charge in [-0.15, -0.1) is 0 Å². The standard InChI is InChI=1S/C14H19F3N2O2/c1-2-4-12(19-13(21)18-7-8-20)10-5-3-6-11(9-10)14(15,16)17/h3,5-6,9,12,20H,2,4,7-8H2,1H3,(H2,18,19,21). The van der Waals surface area contributed by atoms with E-state index in [4.69, 9.17) is 5.11 Å². The molecule has 21 heavy (non-hydrogen) atoms. The molecule has 3 N–H and O–H groups in total. The number of halogens is 3. The molecule has 0 saturated heterocycles. The van der Waals surface area contributed by atoms with E-state index in [2.05, 4.69) is 10.6 Å². The molecule has 7 heteroatoms. The van der Waals surface area contributed by atoms with E-state index in [-0.39, 0.29) is 13.2 Å². The fourth-order valence-corrected chi connectivity index (χ4v) is 1.92. The summed E-state index contributed by atoms with van der Waals surface area (Å²) in [6.45, 7) is 1.77. The van der Waals surface area contributed by atoms with Gasteiger partial charge in [-0.05, 0) is 24.1 Å². The first kappa shape index (κ1) is 17.3. The maximum Gasteiger partial charge on any atom is 0.416 e. The molecule has 0 spiro atoms. The first-order valence-corrected chi connectivity index (χ1v) is 6.70. The number of benzene rings is 1. The van der Waals surface area contributed by atoms with Crippen LogP contribution in [0.3, 0.4) is 0 Å². The molecule has 0 aliphatic rings. The van der Waals surface area contributed by atoms with E-state index in [1.54, 1.807) is 6.07 Å². The lowest BCUT2D eigenvalue weighted by Gasteiger charge is -2.20. The number of hydrogen-bond acceptors (Lipinski definition) is 2. The van der Waals surface area contributed by atoms with E-state index < -0.39 is 23.8 Å². The first-order chi connectivity index (χ1) is 9.88. The second-order valence-electron chi connectivity index (χ2n) is 4.59. The van der Waals surface area contributed by atoms with Gasteiger partial charge in [0.1, 0.15) is 0 Å². The number of nitrogens with one attached hydrogen (secondary N) is 2. The van der Waals surface area contributed by atoms with Crippen LogP contribution in [-0.4, -0.2) is 24.3 Å². The number of alkyl halides is 3. The molecule has 0 radical (unpaired) electrons. The van der Waals surface area contributed by atoms with Gasteiger partial charge in [-0.3, -0.25) is 0 Å². The molecule has 1 rings (SSSR count). The molecule has 0 bridgehead atoms. The highest BCUT2D eigenvalue weighted by Gasteiger charge is 2.31. The molecule has 1 unspecified atom stereocenters. The second kappa shape index (κ2) is 7.87. The highest BCUT2D eigenvalue weighted by atomic mass is 19.4. The summed E-state index contributed by atoms with van der Waals surface area (Å²) in [7, 11) is 0. The number of amides is 2. The van der Waals surface area contributed by atoms with Crippen molar-refractivity contribution in [2.45, 2.75) is 32.0 Å². The van der Waals surface area contributed by atoms with E-state index in [1.807, 2.05) is 6.92 Å². The van der Waals surface area contributed by atoms with Gasteiger partial charge < -0.3 is 15.7 Å². The minimum Gasteiger partial charge on any atom is -0.395 e. The van der Waals surface area contributed by atoms with Crippen LogP contribution in [0.5, 0.6) is 0 Å². The number of carbonyl (C=O) groups excluding carboxylic acids is 1. The minimum atomic E-state index is -4.41. The zero-order valence-corrected chi connectivity index (χ0v) is 11.7. The molecule has 0 aliphatic heterocycles. The molecule has 1 atom stereocenters. The van der Waals surface area contributed by atoms with Crippen molar-refractivity contribution in [3.05, 3.63) is 35.4 Å². The summed E-state index contributed by atoms with van der Waals surface area (Å²) in [5.74, 6) is 0. The van der Waals surface area contributed by atoms with E-state index >= 15 is 0 Å². The molecule has 0 aromatic heterocycles. The predicted octanol–water partition coefficient (Wildman–Crippen LogP) is 2.84. The Morgan fingerprint density at radius 2 is 2.10 bits per heavy atom. The number of aliphatic hydroxyl groups is 1. The third kappa shape index (κ3) is 5.63. The van der Waals surface area contributed by atoms with Crippen molar-refractivity contribution < 1.29 is 23.1 Å². The molecular weight excluding hydrogens is 285 g/mol. The highest BCUT2D eigenvalue weighted by Crippen LogP contribution is 2.31. The SMILES string of the molecule is CCCC(NC(=O)NCCO)c1cccc(C(F)(F)F)c1. The average molecular weight is 304 g/mol. The van der Waals surface area contributed by atoms with Crippen LogP contribution >= 0.6 is 0 Å². The van der Waals surface area contributed by atoms with Crippen LogP contribution in [-0.2, 0) is 6.18 Å². The van der Waals surface area contributed by atoms with Gasteiger partial charge >= 0.3 is 12.2 Å². The summed E-state index contributed by atoms with van der Waals surface area (Å²) in [6, 6.07) is 3.91. The Morgan fingerprint density at radius 3 is 2.67 bits per heavy atom. The molecule has 2 amide bonds. The predicted molar refractivity (Wildman–Crippen MR) is 72.7 cm³/mol. The van der Waals surface area contributed by atoms with Gasteiger partial charge in [0.05, 0.1) is 18.2 Å². The molecule has 118 valence electrons. The molecule has 1 aromatic rings. The summed E-state index contributed by atoms with van der Waals surface area (Å²) in [4.78, 5) is 11.6. The lowest BCUT2D eigenvalue weighted by atomic mass is 10.00. The Morgan fingerprint density at radius 1 is 1.38 bits per heavy atom. The van der Waals surface area contributed by atoms with Gasteiger partial charge in [-0.25, -0.2) is 4.79 Å². The zero-order chi connectivity index (χ0) is 15.9. The number of aliphatic hydroxyl groups excluding tert-OH is 1. The van der Waals surface area contributed by atoms with Crippen LogP contribution in [0.25, 0.3) is 0 Å². The molecule has 0 aliphatic carbocycles. The summed E-state index contributed by atoms with van der Waals surface area (Å²) in [6.07, 6.45) is -3.18. The number of urea groups is 1. The van der Waals surface area contributed by atoms with Crippen LogP contribution in [0, 0.1) is 0 Å². The maximum absolute atomic E-state index is 12.7. The second-order valence-corrected chi connectivity index (χ2v) is 4.59. The summed E-state index contributed by atoms with van der Waals surface area (Å²) in [5, 5.41) is 13.7. The molecule has 0 fully saturated rings. The fraction of sp³-hybridized carbons (Fsp3) is 0.500. The topological polar surface area (TPSA) is 61.4 Å². The van der Waals surface area contributed by atoms with E-state index in [1.165, 1.54) is 6.07 Å². The zero-order valence-electron chi connectivity index (χ0n) is 11.7. The van der Waals surface area contributed by atoms with Crippen LogP contribution in [0.15, 0.2) is 24.3 Å². The monoisotopic (exact) mass is 304 g/mol. The van der Waals surface area contributed by atoms with E-state index in [0.717, 1.165) is 12.1 Å². The van der Waals surface area contributed by atoms with Crippen molar-refractivity contribution in [1.29, 1.82) is 0 Å². The molecular formula is C14H19F3N2O2. The van der Waals surface area contributed by atoms with Crippen LogP contribution in [0.4, 0.5) is 18.0 Å². The Balaban J connectivity index is 2.87. The van der Waals surface area contributed by atoms with Crippen LogP contribution in [0.1, 0.15) is 36.9 Å². The van der Waals surface area contributed by atoms with Gasteiger partial charge in [0.25, 0.3) is 0 Å². The average Bonchev–Trinajstić information content (AvgIpc) is 2.44. The van der Waals surface area contributed by atoms with Gasteiger partial charge in [0.2, 0.25) is 0 Å². The highest BCUT2D eigenvalue weighted by molar-refractivity contribution is 5.74. The molecule has 4 nitrogen and oxygen atoms in total. The number of hydrogen-bond donors (Lipinski definition) is 3. The Bertz CT molecular complexity index is 464. The third-order valence-electron chi connectivity index (χ3n) is 2.90. The Hall–Kier alpha value is -1.76. The molecule has 0 heterocycles. The Kier molecular flexibility index (Phi) is 6.48. The largest absolute Gasteiger partial charge is 0.416 e. The van der Waals surface area contributed by atoms with Gasteiger partial charge in [0, 0.05) is 6.54 Å². The van der Waals surface area contributed by atoms with Gasteiger partial charge in [0.15, 0.2) is 0 Å². The normalized spacial score (nSPS) is 12.8.